The van der Waals surface area contributed by atoms with Crippen molar-refractivity contribution in [2.75, 3.05) is 0 Å². The fraction of sp³-hybridized carbons (Fsp3) is 1.00. The smallest absolute Gasteiger partial charge is 0.0443 e. The van der Waals surface area contributed by atoms with E-state index in [2.05, 4.69) is 27.7 Å². The molecule has 0 aromatic rings. The molecule has 0 radical (unpaired) electrons. The van der Waals surface area contributed by atoms with Crippen LogP contribution in [0.4, 0.5) is 0 Å². The quantitative estimate of drug-likeness (QED) is 0.128. The van der Waals surface area contributed by atoms with Crippen LogP contribution in [0.1, 0.15) is 182 Å². The molecule has 0 aliphatic rings. The zero-order chi connectivity index (χ0) is 22.1. The Morgan fingerprint density at radius 2 is 0.567 bits per heavy atom. The van der Waals surface area contributed by atoms with Gasteiger partial charge in [0.2, 0.25) is 0 Å². The van der Waals surface area contributed by atoms with Gasteiger partial charge in [-0.25, -0.2) is 0 Å². The van der Waals surface area contributed by atoms with Crippen LogP contribution >= 0.6 is 0 Å². The maximum absolute atomic E-state index is 2.49. The van der Waals surface area contributed by atoms with Crippen molar-refractivity contribution in [3.05, 3.63) is 0 Å². The van der Waals surface area contributed by atoms with Gasteiger partial charge in [-0.05, 0) is 11.8 Å². The van der Waals surface area contributed by atoms with E-state index in [0.717, 1.165) is 11.8 Å². The number of hydrogen-bond donors (Lipinski definition) is 0. The zero-order valence-electron chi connectivity index (χ0n) is 22.1. The van der Waals surface area contributed by atoms with Gasteiger partial charge in [0.25, 0.3) is 0 Å². The highest BCUT2D eigenvalue weighted by Crippen LogP contribution is 2.21. The van der Waals surface area contributed by atoms with Crippen molar-refractivity contribution in [3.8, 4) is 0 Å². The molecular weight excluding hydrogens is 360 g/mol. The third-order valence-electron chi connectivity index (χ3n) is 7.24. The molecule has 0 aromatic heterocycles. The second kappa shape index (κ2) is 25.3. The highest BCUT2D eigenvalue weighted by Gasteiger charge is 2.05. The molecule has 0 bridgehead atoms. The summed E-state index contributed by atoms with van der Waals surface area (Å²) in [7, 11) is 0. The van der Waals surface area contributed by atoms with Crippen LogP contribution in [0.3, 0.4) is 0 Å². The lowest BCUT2D eigenvalue weighted by molar-refractivity contribution is 0.394. The molecule has 0 heterocycles. The van der Waals surface area contributed by atoms with Crippen molar-refractivity contribution in [3.63, 3.8) is 0 Å². The molecule has 182 valence electrons. The molecule has 0 saturated carbocycles. The topological polar surface area (TPSA) is 0 Å². The van der Waals surface area contributed by atoms with Crippen molar-refractivity contribution in [2.24, 2.45) is 11.8 Å². The SMILES string of the molecule is CCCCCCCCCCCCCCCCCCCC(C)CCCC(C)CCCC. The van der Waals surface area contributed by atoms with E-state index in [9.17, 15) is 0 Å². The monoisotopic (exact) mass is 422 g/mol. The summed E-state index contributed by atoms with van der Waals surface area (Å²) in [5, 5.41) is 0. The molecule has 0 saturated heterocycles. The standard InChI is InChI=1S/C30H62/c1-5-7-9-10-11-12-13-14-15-16-17-18-19-20-21-22-23-26-30(4)28-24-27-29(3)25-8-6-2/h29-30H,5-28H2,1-4H3. The van der Waals surface area contributed by atoms with Crippen molar-refractivity contribution < 1.29 is 0 Å². The first-order valence-electron chi connectivity index (χ1n) is 14.7. The van der Waals surface area contributed by atoms with Crippen LogP contribution in [0, 0.1) is 11.8 Å². The third-order valence-corrected chi connectivity index (χ3v) is 7.24. The van der Waals surface area contributed by atoms with Gasteiger partial charge in [-0.15, -0.1) is 0 Å². The fourth-order valence-electron chi connectivity index (χ4n) is 4.87. The molecule has 0 rings (SSSR count). The Hall–Kier alpha value is 0. The Morgan fingerprint density at radius 1 is 0.300 bits per heavy atom. The highest BCUT2D eigenvalue weighted by molar-refractivity contribution is 4.59. The van der Waals surface area contributed by atoms with Crippen LogP contribution in [0.25, 0.3) is 0 Å². The predicted octanol–water partition coefficient (Wildman–Crippen LogP) is 11.7. The maximum atomic E-state index is 2.49. The summed E-state index contributed by atoms with van der Waals surface area (Å²) in [6.45, 7) is 9.56. The van der Waals surface area contributed by atoms with Gasteiger partial charge in [0.05, 0.1) is 0 Å². The van der Waals surface area contributed by atoms with Crippen molar-refractivity contribution in [1.29, 1.82) is 0 Å². The minimum Gasteiger partial charge on any atom is -0.0654 e. The van der Waals surface area contributed by atoms with Gasteiger partial charge in [-0.1, -0.05) is 182 Å². The van der Waals surface area contributed by atoms with Gasteiger partial charge in [0.15, 0.2) is 0 Å². The second-order valence-corrected chi connectivity index (χ2v) is 10.7. The Labute approximate surface area is 193 Å². The Bertz CT molecular complexity index is 294. The number of rotatable bonds is 25. The summed E-state index contributed by atoms with van der Waals surface area (Å²) >= 11 is 0. The largest absolute Gasteiger partial charge is 0.0654 e. The molecule has 0 amide bonds. The van der Waals surface area contributed by atoms with Crippen molar-refractivity contribution >= 4 is 0 Å². The summed E-state index contributed by atoms with van der Waals surface area (Å²) < 4.78 is 0. The lowest BCUT2D eigenvalue weighted by atomic mass is 9.92. The van der Waals surface area contributed by atoms with Crippen LogP contribution in [0.5, 0.6) is 0 Å². The average molecular weight is 423 g/mol. The second-order valence-electron chi connectivity index (χ2n) is 10.7. The van der Waals surface area contributed by atoms with Gasteiger partial charge >= 0.3 is 0 Å². The van der Waals surface area contributed by atoms with Crippen LogP contribution in [-0.4, -0.2) is 0 Å². The summed E-state index contributed by atoms with van der Waals surface area (Å²) in [5.74, 6) is 1.91. The molecule has 0 aliphatic heterocycles. The summed E-state index contributed by atoms with van der Waals surface area (Å²) in [6, 6.07) is 0. The third kappa shape index (κ3) is 24.3. The molecule has 0 N–H and O–H groups in total. The van der Waals surface area contributed by atoms with Crippen LogP contribution in [0.2, 0.25) is 0 Å². The lowest BCUT2D eigenvalue weighted by Gasteiger charge is -2.14. The van der Waals surface area contributed by atoms with Gasteiger partial charge in [-0.2, -0.15) is 0 Å². The highest BCUT2D eigenvalue weighted by atomic mass is 14.1. The first-order valence-corrected chi connectivity index (χ1v) is 14.7. The Kier molecular flexibility index (Phi) is 25.3. The van der Waals surface area contributed by atoms with Crippen LogP contribution in [-0.2, 0) is 0 Å². The Balaban J connectivity index is 3.16. The van der Waals surface area contributed by atoms with Crippen LogP contribution < -0.4 is 0 Å². The molecule has 0 fully saturated rings. The van der Waals surface area contributed by atoms with Gasteiger partial charge in [0, 0.05) is 0 Å². The molecule has 30 heavy (non-hydrogen) atoms. The summed E-state index contributed by atoms with van der Waals surface area (Å²) in [4.78, 5) is 0. The lowest BCUT2D eigenvalue weighted by Crippen LogP contribution is -1.99. The van der Waals surface area contributed by atoms with E-state index >= 15 is 0 Å². The molecule has 2 unspecified atom stereocenters. The van der Waals surface area contributed by atoms with Crippen molar-refractivity contribution in [2.45, 2.75) is 182 Å². The first-order chi connectivity index (χ1) is 14.7. The molecule has 0 aromatic carbocycles. The Morgan fingerprint density at radius 3 is 0.933 bits per heavy atom. The molecule has 0 spiro atoms. The van der Waals surface area contributed by atoms with E-state index in [0.29, 0.717) is 0 Å². The summed E-state index contributed by atoms with van der Waals surface area (Å²) in [5.41, 5.74) is 0. The van der Waals surface area contributed by atoms with Crippen molar-refractivity contribution in [1.82, 2.24) is 0 Å². The molecule has 2 atom stereocenters. The predicted molar refractivity (Wildman–Crippen MR) is 140 cm³/mol. The number of hydrogen-bond acceptors (Lipinski definition) is 0. The molecule has 0 nitrogen and oxygen atoms in total. The number of unbranched alkanes of at least 4 members (excludes halogenated alkanes) is 17. The van der Waals surface area contributed by atoms with E-state index in [1.807, 2.05) is 0 Å². The normalized spacial score (nSPS) is 13.6. The van der Waals surface area contributed by atoms with E-state index in [1.54, 1.807) is 0 Å². The van der Waals surface area contributed by atoms with Crippen LogP contribution in [0.15, 0.2) is 0 Å². The molecule has 0 aliphatic carbocycles. The van der Waals surface area contributed by atoms with Gasteiger partial charge in [0.1, 0.15) is 0 Å². The molecule has 0 heteroatoms. The van der Waals surface area contributed by atoms with E-state index in [-0.39, 0.29) is 0 Å². The van der Waals surface area contributed by atoms with E-state index in [1.165, 1.54) is 154 Å². The van der Waals surface area contributed by atoms with Gasteiger partial charge in [-0.3, -0.25) is 0 Å². The summed E-state index contributed by atoms with van der Waals surface area (Å²) in [6.07, 6.45) is 35.2. The fourth-order valence-corrected chi connectivity index (χ4v) is 4.87. The molecular formula is C30H62. The first kappa shape index (κ1) is 30.0. The zero-order valence-corrected chi connectivity index (χ0v) is 22.1. The maximum Gasteiger partial charge on any atom is -0.0443 e. The average Bonchev–Trinajstić information content (AvgIpc) is 2.74. The van der Waals surface area contributed by atoms with E-state index in [4.69, 9.17) is 0 Å². The van der Waals surface area contributed by atoms with Gasteiger partial charge < -0.3 is 0 Å². The minimum atomic E-state index is 0.956. The minimum absolute atomic E-state index is 0.956. The van der Waals surface area contributed by atoms with E-state index < -0.39 is 0 Å².